The van der Waals surface area contributed by atoms with E-state index in [1.165, 1.54) is 6.92 Å². The summed E-state index contributed by atoms with van der Waals surface area (Å²) in [7, 11) is 0. The monoisotopic (exact) mass is 279 g/mol. The van der Waals surface area contributed by atoms with Crippen LogP contribution in [0.5, 0.6) is 0 Å². The van der Waals surface area contributed by atoms with Crippen LogP contribution in [-0.2, 0) is 11.3 Å². The molecule has 2 N–H and O–H groups in total. The Morgan fingerprint density at radius 3 is 2.52 bits per heavy atom. The van der Waals surface area contributed by atoms with Crippen LogP contribution in [0.3, 0.4) is 0 Å². The second kappa shape index (κ2) is 6.58. The molecule has 0 aliphatic rings. The first-order valence-corrected chi connectivity index (χ1v) is 6.69. The van der Waals surface area contributed by atoms with Gasteiger partial charge in [-0.1, -0.05) is 18.2 Å². The first kappa shape index (κ1) is 14.6. The van der Waals surface area contributed by atoms with Crippen molar-refractivity contribution in [3.05, 3.63) is 59.2 Å². The lowest BCUT2D eigenvalue weighted by atomic mass is 10.1. The molecule has 4 nitrogen and oxygen atoms in total. The van der Waals surface area contributed by atoms with Crippen molar-refractivity contribution in [1.82, 2.24) is 0 Å². The zero-order valence-corrected chi connectivity index (χ0v) is 12.1. The predicted molar refractivity (Wildman–Crippen MR) is 84.0 cm³/mol. The van der Waals surface area contributed by atoms with Gasteiger partial charge in [-0.25, -0.2) is 0 Å². The van der Waals surface area contributed by atoms with Crippen LogP contribution >= 0.6 is 0 Å². The Hall–Kier alpha value is -2.80. The van der Waals surface area contributed by atoms with Crippen molar-refractivity contribution in [2.24, 2.45) is 0 Å². The van der Waals surface area contributed by atoms with Crippen LogP contribution in [0.1, 0.15) is 23.6 Å². The lowest BCUT2D eigenvalue weighted by molar-refractivity contribution is -0.114. The fraction of sp³-hybridized carbons (Fsp3) is 0.176. The third-order valence-electron chi connectivity index (χ3n) is 3.12. The summed E-state index contributed by atoms with van der Waals surface area (Å²) in [5.41, 5.74) is 4.59. The Morgan fingerprint density at radius 1 is 1.19 bits per heavy atom. The van der Waals surface area contributed by atoms with Crippen LogP contribution in [0.15, 0.2) is 42.5 Å². The van der Waals surface area contributed by atoms with E-state index in [1.54, 1.807) is 0 Å². The van der Waals surface area contributed by atoms with Crippen molar-refractivity contribution in [3.8, 4) is 6.07 Å². The highest BCUT2D eigenvalue weighted by Crippen LogP contribution is 2.18. The van der Waals surface area contributed by atoms with Gasteiger partial charge in [0.2, 0.25) is 5.91 Å². The molecule has 0 aliphatic carbocycles. The van der Waals surface area contributed by atoms with E-state index < -0.39 is 0 Å². The number of amides is 1. The van der Waals surface area contributed by atoms with Gasteiger partial charge in [-0.3, -0.25) is 4.79 Å². The third-order valence-corrected chi connectivity index (χ3v) is 3.12. The number of nitrogens with zero attached hydrogens (tertiary/aromatic N) is 1. The summed E-state index contributed by atoms with van der Waals surface area (Å²) < 4.78 is 0. The molecule has 0 fully saturated rings. The van der Waals surface area contributed by atoms with E-state index >= 15 is 0 Å². The predicted octanol–water partition coefficient (Wildman–Crippen LogP) is 3.44. The molecule has 0 unspecified atom stereocenters. The van der Waals surface area contributed by atoms with Crippen molar-refractivity contribution >= 4 is 17.3 Å². The molecule has 2 aromatic carbocycles. The number of carbonyl (C=O) groups excluding carboxylic acids is 1. The van der Waals surface area contributed by atoms with Gasteiger partial charge < -0.3 is 10.6 Å². The molecule has 0 radical (unpaired) electrons. The van der Waals surface area contributed by atoms with E-state index in [9.17, 15) is 4.79 Å². The highest BCUT2D eigenvalue weighted by molar-refractivity contribution is 5.88. The SMILES string of the molecule is CC(=O)Nc1ccc(CNc2cc(C#N)ccc2C)cc1. The Kier molecular flexibility index (Phi) is 4.57. The van der Waals surface area contributed by atoms with Gasteiger partial charge in [0.15, 0.2) is 0 Å². The average molecular weight is 279 g/mol. The fourth-order valence-corrected chi connectivity index (χ4v) is 1.99. The van der Waals surface area contributed by atoms with Crippen LogP contribution in [0.4, 0.5) is 11.4 Å². The van der Waals surface area contributed by atoms with E-state index in [0.29, 0.717) is 12.1 Å². The van der Waals surface area contributed by atoms with Gasteiger partial charge in [0.1, 0.15) is 0 Å². The molecule has 0 bridgehead atoms. The molecule has 4 heteroatoms. The highest BCUT2D eigenvalue weighted by atomic mass is 16.1. The van der Waals surface area contributed by atoms with Gasteiger partial charge in [0, 0.05) is 24.8 Å². The summed E-state index contributed by atoms with van der Waals surface area (Å²) in [5.74, 6) is -0.0789. The molecule has 0 aromatic heterocycles. The summed E-state index contributed by atoms with van der Waals surface area (Å²) in [4.78, 5) is 11.0. The molecule has 21 heavy (non-hydrogen) atoms. The first-order valence-electron chi connectivity index (χ1n) is 6.69. The number of anilines is 2. The zero-order valence-electron chi connectivity index (χ0n) is 12.1. The number of benzene rings is 2. The maximum absolute atomic E-state index is 11.0. The second-order valence-electron chi connectivity index (χ2n) is 4.87. The summed E-state index contributed by atoms with van der Waals surface area (Å²) in [6, 6.07) is 15.4. The fourth-order valence-electron chi connectivity index (χ4n) is 1.99. The molecule has 0 atom stereocenters. The quantitative estimate of drug-likeness (QED) is 0.901. The molecular weight excluding hydrogens is 262 g/mol. The van der Waals surface area contributed by atoms with Crippen LogP contribution in [0.2, 0.25) is 0 Å². The molecule has 0 saturated heterocycles. The summed E-state index contributed by atoms with van der Waals surface area (Å²) in [6.07, 6.45) is 0. The number of carbonyl (C=O) groups is 1. The normalized spacial score (nSPS) is 9.76. The van der Waals surface area contributed by atoms with Crippen molar-refractivity contribution in [2.75, 3.05) is 10.6 Å². The second-order valence-corrected chi connectivity index (χ2v) is 4.87. The van der Waals surface area contributed by atoms with E-state index in [0.717, 1.165) is 22.5 Å². The van der Waals surface area contributed by atoms with Gasteiger partial charge in [-0.15, -0.1) is 0 Å². The summed E-state index contributed by atoms with van der Waals surface area (Å²) in [6.45, 7) is 4.15. The number of nitrogens with one attached hydrogen (secondary N) is 2. The van der Waals surface area contributed by atoms with Crippen molar-refractivity contribution < 1.29 is 4.79 Å². The molecule has 0 aliphatic heterocycles. The van der Waals surface area contributed by atoms with Gasteiger partial charge in [0.05, 0.1) is 11.6 Å². The molecular formula is C17H17N3O. The van der Waals surface area contributed by atoms with Crippen molar-refractivity contribution in [2.45, 2.75) is 20.4 Å². The van der Waals surface area contributed by atoms with E-state index in [4.69, 9.17) is 5.26 Å². The molecule has 2 aromatic rings. The molecule has 0 saturated carbocycles. The number of aryl methyl sites for hydroxylation is 1. The lowest BCUT2D eigenvalue weighted by Crippen LogP contribution is -2.06. The van der Waals surface area contributed by atoms with E-state index in [2.05, 4.69) is 16.7 Å². The van der Waals surface area contributed by atoms with E-state index in [-0.39, 0.29) is 5.91 Å². The molecule has 2 rings (SSSR count). The molecule has 1 amide bonds. The van der Waals surface area contributed by atoms with E-state index in [1.807, 2.05) is 49.4 Å². The standard InChI is InChI=1S/C17H17N3O/c1-12-3-4-15(10-18)9-17(12)19-11-14-5-7-16(8-6-14)20-13(2)21/h3-9,19H,11H2,1-2H3,(H,20,21). The van der Waals surface area contributed by atoms with Crippen molar-refractivity contribution in [3.63, 3.8) is 0 Å². The largest absolute Gasteiger partial charge is 0.381 e. The van der Waals surface area contributed by atoms with Crippen LogP contribution in [0, 0.1) is 18.3 Å². The third kappa shape index (κ3) is 4.08. The summed E-state index contributed by atoms with van der Waals surface area (Å²) >= 11 is 0. The average Bonchev–Trinajstić information content (AvgIpc) is 2.47. The highest BCUT2D eigenvalue weighted by Gasteiger charge is 2.01. The number of rotatable bonds is 4. The molecule has 106 valence electrons. The maximum Gasteiger partial charge on any atom is 0.221 e. The molecule has 0 spiro atoms. The minimum atomic E-state index is -0.0789. The summed E-state index contributed by atoms with van der Waals surface area (Å²) in [5, 5.41) is 15.0. The zero-order chi connectivity index (χ0) is 15.2. The van der Waals surface area contributed by atoms with Crippen molar-refractivity contribution in [1.29, 1.82) is 5.26 Å². The Labute approximate surface area is 124 Å². The lowest BCUT2D eigenvalue weighted by Gasteiger charge is -2.10. The van der Waals surface area contributed by atoms with Crippen LogP contribution < -0.4 is 10.6 Å². The smallest absolute Gasteiger partial charge is 0.221 e. The first-order chi connectivity index (χ1) is 10.1. The Balaban J connectivity index is 2.03. The van der Waals surface area contributed by atoms with Gasteiger partial charge in [-0.05, 0) is 42.3 Å². The number of hydrogen-bond donors (Lipinski definition) is 2. The van der Waals surface area contributed by atoms with Gasteiger partial charge >= 0.3 is 0 Å². The van der Waals surface area contributed by atoms with Crippen LogP contribution in [0.25, 0.3) is 0 Å². The minimum Gasteiger partial charge on any atom is -0.381 e. The van der Waals surface area contributed by atoms with Gasteiger partial charge in [0.25, 0.3) is 0 Å². The number of nitriles is 1. The molecule has 0 heterocycles. The Bertz CT molecular complexity index is 684. The maximum atomic E-state index is 11.0. The van der Waals surface area contributed by atoms with Crippen LogP contribution in [-0.4, -0.2) is 5.91 Å². The minimum absolute atomic E-state index is 0.0789. The van der Waals surface area contributed by atoms with Gasteiger partial charge in [-0.2, -0.15) is 5.26 Å². The Morgan fingerprint density at radius 2 is 1.90 bits per heavy atom. The number of hydrogen-bond acceptors (Lipinski definition) is 3. The topological polar surface area (TPSA) is 64.9 Å².